The van der Waals surface area contributed by atoms with Crippen LogP contribution in [0.25, 0.3) is 5.52 Å². The third-order valence-electron chi connectivity index (χ3n) is 3.21. The van der Waals surface area contributed by atoms with E-state index in [1.165, 1.54) is 5.56 Å². The van der Waals surface area contributed by atoms with Crippen molar-refractivity contribution in [1.29, 1.82) is 0 Å². The van der Waals surface area contributed by atoms with Crippen molar-refractivity contribution in [3.8, 4) is 0 Å². The Balaban J connectivity index is 2.10. The lowest BCUT2D eigenvalue weighted by molar-refractivity contribution is 0.634. The van der Waals surface area contributed by atoms with Gasteiger partial charge in [-0.15, -0.1) is 0 Å². The topological polar surface area (TPSA) is 42.2 Å². The standard InChI is InChI=1S/C15H16N4/c1-2-17-15(12-6-4-3-5-7-12)13-10-18-19-9-8-16-11-14(13)19/h3-11,15,17H,2H2,1H3. The van der Waals surface area contributed by atoms with Crippen LogP contribution < -0.4 is 5.32 Å². The Labute approximate surface area is 112 Å². The van der Waals surface area contributed by atoms with Crippen LogP contribution in [-0.2, 0) is 0 Å². The summed E-state index contributed by atoms with van der Waals surface area (Å²) >= 11 is 0. The van der Waals surface area contributed by atoms with Crippen LogP contribution in [0.1, 0.15) is 24.1 Å². The second-order valence-electron chi connectivity index (χ2n) is 4.41. The molecular weight excluding hydrogens is 236 g/mol. The minimum absolute atomic E-state index is 0.146. The van der Waals surface area contributed by atoms with Gasteiger partial charge in [0.05, 0.1) is 24.0 Å². The number of fused-ring (bicyclic) bond motifs is 1. The van der Waals surface area contributed by atoms with Gasteiger partial charge >= 0.3 is 0 Å². The smallest absolute Gasteiger partial charge is 0.0896 e. The molecule has 0 aliphatic rings. The molecule has 0 spiro atoms. The van der Waals surface area contributed by atoms with Crippen molar-refractivity contribution < 1.29 is 0 Å². The predicted octanol–water partition coefficient (Wildman–Crippen LogP) is 2.43. The molecule has 0 saturated carbocycles. The lowest BCUT2D eigenvalue weighted by atomic mass is 10.0. The second kappa shape index (κ2) is 5.20. The first-order valence-electron chi connectivity index (χ1n) is 6.45. The van der Waals surface area contributed by atoms with Gasteiger partial charge in [-0.1, -0.05) is 37.3 Å². The fourth-order valence-electron chi connectivity index (χ4n) is 2.33. The summed E-state index contributed by atoms with van der Waals surface area (Å²) in [6.45, 7) is 3.01. The minimum Gasteiger partial charge on any atom is -0.306 e. The Bertz CT molecular complexity index is 660. The molecule has 1 N–H and O–H groups in total. The normalized spacial score (nSPS) is 12.7. The molecule has 2 aromatic heterocycles. The molecule has 0 aliphatic carbocycles. The van der Waals surface area contributed by atoms with Crippen molar-refractivity contribution in [2.24, 2.45) is 0 Å². The van der Waals surface area contributed by atoms with E-state index in [1.54, 1.807) is 6.20 Å². The van der Waals surface area contributed by atoms with E-state index in [9.17, 15) is 0 Å². The summed E-state index contributed by atoms with van der Waals surface area (Å²) < 4.78 is 1.86. The average Bonchev–Trinajstić information content (AvgIpc) is 2.89. The first-order valence-corrected chi connectivity index (χ1v) is 6.45. The van der Waals surface area contributed by atoms with Crippen molar-refractivity contribution in [2.75, 3.05) is 6.54 Å². The Morgan fingerprint density at radius 2 is 2.05 bits per heavy atom. The van der Waals surface area contributed by atoms with Gasteiger partial charge in [0.2, 0.25) is 0 Å². The molecule has 19 heavy (non-hydrogen) atoms. The van der Waals surface area contributed by atoms with Gasteiger partial charge in [-0.2, -0.15) is 5.10 Å². The van der Waals surface area contributed by atoms with E-state index in [0.717, 1.165) is 17.6 Å². The van der Waals surface area contributed by atoms with E-state index >= 15 is 0 Å². The van der Waals surface area contributed by atoms with Crippen molar-refractivity contribution in [3.05, 3.63) is 66.2 Å². The van der Waals surface area contributed by atoms with E-state index in [2.05, 4.69) is 46.6 Å². The largest absolute Gasteiger partial charge is 0.306 e. The lowest BCUT2D eigenvalue weighted by Gasteiger charge is -2.17. The molecule has 1 unspecified atom stereocenters. The lowest BCUT2D eigenvalue weighted by Crippen LogP contribution is -2.21. The molecule has 0 aliphatic heterocycles. The van der Waals surface area contributed by atoms with Crippen LogP contribution >= 0.6 is 0 Å². The molecule has 1 aromatic carbocycles. The quantitative estimate of drug-likeness (QED) is 0.775. The van der Waals surface area contributed by atoms with Gasteiger partial charge in [0.1, 0.15) is 0 Å². The van der Waals surface area contributed by atoms with E-state index in [0.29, 0.717) is 0 Å². The molecule has 3 rings (SSSR count). The molecule has 0 saturated heterocycles. The van der Waals surface area contributed by atoms with Gasteiger partial charge in [0.15, 0.2) is 0 Å². The van der Waals surface area contributed by atoms with Crippen molar-refractivity contribution >= 4 is 5.52 Å². The van der Waals surface area contributed by atoms with E-state index in [-0.39, 0.29) is 6.04 Å². The van der Waals surface area contributed by atoms with Gasteiger partial charge in [-0.25, -0.2) is 4.52 Å². The summed E-state index contributed by atoms with van der Waals surface area (Å²) in [5.74, 6) is 0. The second-order valence-corrected chi connectivity index (χ2v) is 4.41. The predicted molar refractivity (Wildman–Crippen MR) is 74.9 cm³/mol. The Morgan fingerprint density at radius 3 is 2.84 bits per heavy atom. The maximum absolute atomic E-state index is 4.38. The molecular formula is C15H16N4. The maximum atomic E-state index is 4.38. The van der Waals surface area contributed by atoms with Crippen molar-refractivity contribution in [2.45, 2.75) is 13.0 Å². The molecule has 96 valence electrons. The van der Waals surface area contributed by atoms with Crippen LogP contribution in [0.5, 0.6) is 0 Å². The molecule has 0 bridgehead atoms. The first kappa shape index (κ1) is 11.9. The number of rotatable bonds is 4. The van der Waals surface area contributed by atoms with Crippen LogP contribution in [0.3, 0.4) is 0 Å². The van der Waals surface area contributed by atoms with Crippen LogP contribution in [0.15, 0.2) is 55.1 Å². The molecule has 1 atom stereocenters. The summed E-state index contributed by atoms with van der Waals surface area (Å²) in [6, 6.07) is 10.6. The summed E-state index contributed by atoms with van der Waals surface area (Å²) in [6.07, 6.45) is 7.38. The summed E-state index contributed by atoms with van der Waals surface area (Å²) in [5, 5.41) is 7.90. The summed E-state index contributed by atoms with van der Waals surface area (Å²) in [7, 11) is 0. The number of hydrogen-bond donors (Lipinski definition) is 1. The van der Waals surface area contributed by atoms with Gasteiger partial charge in [0, 0.05) is 18.0 Å². The average molecular weight is 252 g/mol. The summed E-state index contributed by atoms with van der Waals surface area (Å²) in [5.41, 5.74) is 3.43. The van der Waals surface area contributed by atoms with Gasteiger partial charge in [0.25, 0.3) is 0 Å². The number of benzene rings is 1. The number of nitrogens with one attached hydrogen (secondary N) is 1. The fraction of sp³-hybridized carbons (Fsp3) is 0.200. The fourth-order valence-corrected chi connectivity index (χ4v) is 2.33. The molecule has 4 heteroatoms. The monoisotopic (exact) mass is 252 g/mol. The molecule has 0 radical (unpaired) electrons. The highest BCUT2D eigenvalue weighted by Crippen LogP contribution is 2.25. The minimum atomic E-state index is 0.146. The number of nitrogens with zero attached hydrogens (tertiary/aromatic N) is 3. The zero-order valence-corrected chi connectivity index (χ0v) is 10.8. The highest BCUT2D eigenvalue weighted by atomic mass is 15.2. The van der Waals surface area contributed by atoms with Crippen molar-refractivity contribution in [1.82, 2.24) is 19.9 Å². The van der Waals surface area contributed by atoms with Crippen LogP contribution in [0, 0.1) is 0 Å². The Morgan fingerprint density at radius 1 is 1.21 bits per heavy atom. The van der Waals surface area contributed by atoms with Crippen LogP contribution in [0.4, 0.5) is 0 Å². The third-order valence-corrected chi connectivity index (χ3v) is 3.21. The van der Waals surface area contributed by atoms with Crippen LogP contribution in [-0.4, -0.2) is 21.1 Å². The van der Waals surface area contributed by atoms with E-state index in [1.807, 2.05) is 29.2 Å². The van der Waals surface area contributed by atoms with Gasteiger partial charge in [-0.3, -0.25) is 4.98 Å². The highest BCUT2D eigenvalue weighted by molar-refractivity contribution is 5.55. The van der Waals surface area contributed by atoms with Crippen molar-refractivity contribution in [3.63, 3.8) is 0 Å². The van der Waals surface area contributed by atoms with Crippen LogP contribution in [0.2, 0.25) is 0 Å². The molecule has 2 heterocycles. The molecule has 3 aromatic rings. The third kappa shape index (κ3) is 2.22. The molecule has 0 amide bonds. The Hall–Kier alpha value is -2.20. The number of hydrogen-bond acceptors (Lipinski definition) is 3. The SMILES string of the molecule is CCNC(c1ccccc1)c1cnn2ccncc12. The highest BCUT2D eigenvalue weighted by Gasteiger charge is 2.17. The van der Waals surface area contributed by atoms with E-state index < -0.39 is 0 Å². The summed E-state index contributed by atoms with van der Waals surface area (Å²) in [4.78, 5) is 4.19. The maximum Gasteiger partial charge on any atom is 0.0896 e. The zero-order valence-electron chi connectivity index (χ0n) is 10.8. The number of aromatic nitrogens is 3. The first-order chi connectivity index (χ1) is 9.40. The Kier molecular flexibility index (Phi) is 3.25. The van der Waals surface area contributed by atoms with Gasteiger partial charge in [-0.05, 0) is 12.1 Å². The zero-order chi connectivity index (χ0) is 13.1. The molecule has 0 fully saturated rings. The van der Waals surface area contributed by atoms with E-state index in [4.69, 9.17) is 0 Å². The van der Waals surface area contributed by atoms with Gasteiger partial charge < -0.3 is 5.32 Å². The molecule has 4 nitrogen and oxygen atoms in total.